The summed E-state index contributed by atoms with van der Waals surface area (Å²) in [7, 11) is 0. The molecule has 2 aliphatic rings. The predicted molar refractivity (Wildman–Crippen MR) is 103 cm³/mol. The van der Waals surface area contributed by atoms with Crippen molar-refractivity contribution in [3.63, 3.8) is 0 Å². The van der Waals surface area contributed by atoms with Crippen molar-refractivity contribution in [3.05, 3.63) is 40.3 Å². The van der Waals surface area contributed by atoms with Crippen LogP contribution in [0.25, 0.3) is 0 Å². The molecule has 0 saturated carbocycles. The van der Waals surface area contributed by atoms with Crippen molar-refractivity contribution in [3.8, 4) is 11.5 Å². The highest BCUT2D eigenvalue weighted by Gasteiger charge is 2.38. The van der Waals surface area contributed by atoms with Gasteiger partial charge < -0.3 is 20.1 Å². The normalized spacial score (nSPS) is 17.5. The molecular weight excluding hydrogens is 396 g/mol. The van der Waals surface area contributed by atoms with E-state index >= 15 is 0 Å². The molecule has 1 aromatic heterocycles. The van der Waals surface area contributed by atoms with Crippen molar-refractivity contribution in [1.29, 1.82) is 0 Å². The van der Waals surface area contributed by atoms with Gasteiger partial charge in [-0.15, -0.1) is 11.3 Å². The van der Waals surface area contributed by atoms with E-state index in [0.29, 0.717) is 24.5 Å². The van der Waals surface area contributed by atoms with Gasteiger partial charge in [-0.1, -0.05) is 6.07 Å². The Labute approximate surface area is 171 Å². The van der Waals surface area contributed by atoms with Gasteiger partial charge in [0.1, 0.15) is 6.04 Å². The molecule has 152 valence electrons. The highest BCUT2D eigenvalue weighted by atomic mass is 32.1. The molecule has 29 heavy (non-hydrogen) atoms. The minimum atomic E-state index is -0.693. The SMILES string of the molecule is O=C(CC[C@@H]1NC(=O)N(Cc2ccc3c(c2)OCO3)C1=O)NCCc1nccs1. The highest BCUT2D eigenvalue weighted by Crippen LogP contribution is 2.33. The quantitative estimate of drug-likeness (QED) is 0.630. The third-order valence-electron chi connectivity index (χ3n) is 4.69. The monoisotopic (exact) mass is 416 g/mol. The molecule has 1 atom stereocenters. The number of nitrogens with one attached hydrogen (secondary N) is 2. The van der Waals surface area contributed by atoms with Crippen molar-refractivity contribution < 1.29 is 23.9 Å². The van der Waals surface area contributed by atoms with Gasteiger partial charge >= 0.3 is 6.03 Å². The Kier molecular flexibility index (Phi) is 5.61. The number of rotatable bonds is 8. The number of thiazole rings is 1. The number of hydrogen-bond acceptors (Lipinski definition) is 7. The van der Waals surface area contributed by atoms with E-state index in [1.54, 1.807) is 35.7 Å². The first-order valence-electron chi connectivity index (χ1n) is 9.25. The van der Waals surface area contributed by atoms with Crippen molar-refractivity contribution in [2.45, 2.75) is 31.8 Å². The summed E-state index contributed by atoms with van der Waals surface area (Å²) in [6, 6.07) is 4.15. The molecule has 1 saturated heterocycles. The van der Waals surface area contributed by atoms with Crippen LogP contribution in [0.1, 0.15) is 23.4 Å². The molecule has 0 radical (unpaired) electrons. The molecule has 4 rings (SSSR count). The van der Waals surface area contributed by atoms with Gasteiger partial charge in [0.2, 0.25) is 12.7 Å². The maximum atomic E-state index is 12.6. The largest absolute Gasteiger partial charge is 0.454 e. The van der Waals surface area contributed by atoms with E-state index in [-0.39, 0.29) is 38.0 Å². The van der Waals surface area contributed by atoms with Gasteiger partial charge in [0, 0.05) is 31.0 Å². The lowest BCUT2D eigenvalue weighted by Crippen LogP contribution is -2.33. The predicted octanol–water partition coefficient (Wildman–Crippen LogP) is 1.43. The third-order valence-corrected chi connectivity index (χ3v) is 5.53. The Balaban J connectivity index is 1.25. The van der Waals surface area contributed by atoms with Crippen LogP contribution in [0.2, 0.25) is 0 Å². The molecule has 0 bridgehead atoms. The smallest absolute Gasteiger partial charge is 0.325 e. The lowest BCUT2D eigenvalue weighted by molar-refractivity contribution is -0.128. The molecule has 2 aliphatic heterocycles. The van der Waals surface area contributed by atoms with Crippen LogP contribution in [0, 0.1) is 0 Å². The van der Waals surface area contributed by atoms with Gasteiger partial charge in [-0.3, -0.25) is 14.5 Å². The Hall–Kier alpha value is -3.14. The minimum Gasteiger partial charge on any atom is -0.454 e. The number of benzene rings is 1. The molecule has 2 aromatic rings. The number of amides is 4. The number of hydrogen-bond donors (Lipinski definition) is 2. The zero-order valence-electron chi connectivity index (χ0n) is 15.6. The maximum absolute atomic E-state index is 12.6. The van der Waals surface area contributed by atoms with Crippen LogP contribution in [0.15, 0.2) is 29.8 Å². The Morgan fingerprint density at radius 1 is 1.31 bits per heavy atom. The highest BCUT2D eigenvalue weighted by molar-refractivity contribution is 7.09. The third kappa shape index (κ3) is 4.48. The van der Waals surface area contributed by atoms with Crippen LogP contribution in [-0.2, 0) is 22.6 Å². The van der Waals surface area contributed by atoms with Crippen LogP contribution in [0.4, 0.5) is 4.79 Å². The fraction of sp³-hybridized carbons (Fsp3) is 0.368. The molecule has 0 spiro atoms. The van der Waals surface area contributed by atoms with Crippen molar-refractivity contribution in [2.24, 2.45) is 0 Å². The van der Waals surface area contributed by atoms with Crippen LogP contribution < -0.4 is 20.1 Å². The molecule has 10 heteroatoms. The Morgan fingerprint density at radius 2 is 2.17 bits per heavy atom. The first-order valence-corrected chi connectivity index (χ1v) is 10.1. The summed E-state index contributed by atoms with van der Waals surface area (Å²) in [5, 5.41) is 8.31. The summed E-state index contributed by atoms with van der Waals surface area (Å²) in [5.74, 6) is 0.756. The molecule has 0 aliphatic carbocycles. The number of ether oxygens (including phenoxy) is 2. The molecule has 4 amide bonds. The fourth-order valence-electron chi connectivity index (χ4n) is 3.19. The number of carbonyl (C=O) groups is 3. The first-order chi connectivity index (χ1) is 14.1. The zero-order chi connectivity index (χ0) is 20.2. The second kappa shape index (κ2) is 8.48. The summed E-state index contributed by atoms with van der Waals surface area (Å²) in [6.45, 7) is 0.793. The Bertz CT molecular complexity index is 917. The van der Waals surface area contributed by atoms with Crippen molar-refractivity contribution in [2.75, 3.05) is 13.3 Å². The number of urea groups is 1. The number of nitrogens with zero attached hydrogens (tertiary/aromatic N) is 2. The van der Waals surface area contributed by atoms with Gasteiger partial charge in [0.25, 0.3) is 5.91 Å². The maximum Gasteiger partial charge on any atom is 0.325 e. The van der Waals surface area contributed by atoms with Gasteiger partial charge in [0.05, 0.1) is 11.6 Å². The van der Waals surface area contributed by atoms with Gasteiger partial charge in [-0.05, 0) is 24.1 Å². The fourth-order valence-corrected chi connectivity index (χ4v) is 3.81. The van der Waals surface area contributed by atoms with E-state index in [0.717, 1.165) is 15.5 Å². The molecule has 0 unspecified atom stereocenters. The summed E-state index contributed by atoms with van der Waals surface area (Å²) in [5.41, 5.74) is 0.762. The zero-order valence-corrected chi connectivity index (χ0v) is 16.4. The summed E-state index contributed by atoms with van der Waals surface area (Å²) < 4.78 is 10.6. The van der Waals surface area contributed by atoms with E-state index in [2.05, 4.69) is 15.6 Å². The molecule has 9 nitrogen and oxygen atoms in total. The molecule has 1 aromatic carbocycles. The standard InChI is InChI=1S/C19H20N4O5S/c24-16(20-6-5-17-21-7-8-29-17)4-2-13-18(25)23(19(26)22-13)10-12-1-3-14-15(9-12)28-11-27-14/h1,3,7-9,13H,2,4-6,10-11H2,(H,20,24)(H,22,26)/t13-/m0/s1. The Morgan fingerprint density at radius 3 is 3.00 bits per heavy atom. The van der Waals surface area contributed by atoms with Crippen molar-refractivity contribution >= 4 is 29.2 Å². The van der Waals surface area contributed by atoms with E-state index < -0.39 is 12.1 Å². The number of carbonyl (C=O) groups excluding carboxylic acids is 3. The van der Waals surface area contributed by atoms with E-state index in [1.807, 2.05) is 5.38 Å². The van der Waals surface area contributed by atoms with Gasteiger partial charge in [0.15, 0.2) is 11.5 Å². The summed E-state index contributed by atoms with van der Waals surface area (Å²) in [6.07, 6.45) is 2.81. The number of aromatic nitrogens is 1. The molecule has 3 heterocycles. The lowest BCUT2D eigenvalue weighted by atomic mass is 10.1. The van der Waals surface area contributed by atoms with Crippen LogP contribution in [0.3, 0.4) is 0 Å². The summed E-state index contributed by atoms with van der Waals surface area (Å²) >= 11 is 1.54. The average Bonchev–Trinajstić information content (AvgIpc) is 3.44. The van der Waals surface area contributed by atoms with Crippen LogP contribution in [0.5, 0.6) is 11.5 Å². The second-order valence-corrected chi connectivity index (χ2v) is 7.66. The minimum absolute atomic E-state index is 0.137. The molecular formula is C19H20N4O5S. The lowest BCUT2D eigenvalue weighted by Gasteiger charge is -2.13. The van der Waals surface area contributed by atoms with Gasteiger partial charge in [-0.2, -0.15) is 0 Å². The van der Waals surface area contributed by atoms with Gasteiger partial charge in [-0.25, -0.2) is 9.78 Å². The average molecular weight is 416 g/mol. The van der Waals surface area contributed by atoms with Crippen LogP contribution in [-0.4, -0.2) is 47.1 Å². The van der Waals surface area contributed by atoms with Crippen LogP contribution >= 0.6 is 11.3 Å². The number of fused-ring (bicyclic) bond motifs is 1. The summed E-state index contributed by atoms with van der Waals surface area (Å²) in [4.78, 5) is 42.1. The number of imide groups is 1. The van der Waals surface area contributed by atoms with E-state index in [1.165, 1.54) is 0 Å². The first kappa shape index (κ1) is 19.2. The van der Waals surface area contributed by atoms with E-state index in [9.17, 15) is 14.4 Å². The molecule has 2 N–H and O–H groups in total. The second-order valence-electron chi connectivity index (χ2n) is 6.68. The molecule has 1 fully saturated rings. The van der Waals surface area contributed by atoms with Crippen molar-refractivity contribution in [1.82, 2.24) is 20.5 Å². The van der Waals surface area contributed by atoms with E-state index in [4.69, 9.17) is 9.47 Å². The topological polar surface area (TPSA) is 110 Å².